The van der Waals surface area contributed by atoms with Gasteiger partial charge in [-0.1, -0.05) is 6.92 Å². The van der Waals surface area contributed by atoms with Crippen molar-refractivity contribution in [3.8, 4) is 0 Å². The summed E-state index contributed by atoms with van der Waals surface area (Å²) in [7, 11) is 0. The number of carbonyl (C=O) groups excluding carboxylic acids is 2. The largest absolute Gasteiger partial charge is 0.478 e. The van der Waals surface area contributed by atoms with Crippen molar-refractivity contribution in [1.29, 1.82) is 0 Å². The number of amides is 2. The summed E-state index contributed by atoms with van der Waals surface area (Å²) in [6, 6.07) is 1.25. The minimum atomic E-state index is -1.12. The van der Waals surface area contributed by atoms with Crippen LogP contribution in [-0.2, 0) is 4.79 Å². The molecule has 0 atom stereocenters. The van der Waals surface area contributed by atoms with Gasteiger partial charge in [-0.3, -0.25) is 9.59 Å². The van der Waals surface area contributed by atoms with Gasteiger partial charge in [-0.2, -0.15) is 0 Å². The van der Waals surface area contributed by atoms with E-state index >= 15 is 0 Å². The zero-order valence-corrected chi connectivity index (χ0v) is 14.4. The van der Waals surface area contributed by atoms with Crippen LogP contribution in [0.25, 0.3) is 0 Å². The molecule has 0 saturated carbocycles. The Balaban J connectivity index is 1.53. The van der Waals surface area contributed by atoms with Crippen molar-refractivity contribution in [2.75, 3.05) is 26.2 Å². The number of piperidine rings is 2. The standard InChI is InChI=1S/C18H24N2O5/c1-12-2-6-19(7-3-12)16(21)13-4-8-20(9-5-13)17(22)15-10-14(11-25-15)18(23)24/h10-13H,2-9H2,1H3,(H,23,24). The molecule has 0 aliphatic carbocycles. The number of hydrogen-bond donors (Lipinski definition) is 1. The molecule has 2 amide bonds. The van der Waals surface area contributed by atoms with E-state index in [0.29, 0.717) is 31.8 Å². The maximum Gasteiger partial charge on any atom is 0.338 e. The predicted molar refractivity (Wildman–Crippen MR) is 89.3 cm³/mol. The molecule has 136 valence electrons. The molecule has 2 aliphatic rings. The zero-order chi connectivity index (χ0) is 18.0. The first-order valence-corrected chi connectivity index (χ1v) is 8.85. The molecule has 1 N–H and O–H groups in total. The van der Waals surface area contributed by atoms with Crippen molar-refractivity contribution >= 4 is 17.8 Å². The van der Waals surface area contributed by atoms with E-state index in [-0.39, 0.29) is 29.1 Å². The fourth-order valence-corrected chi connectivity index (χ4v) is 3.53. The molecule has 0 radical (unpaired) electrons. The number of rotatable bonds is 3. The highest BCUT2D eigenvalue weighted by Gasteiger charge is 2.32. The molecule has 3 rings (SSSR count). The van der Waals surface area contributed by atoms with Gasteiger partial charge >= 0.3 is 5.97 Å². The van der Waals surface area contributed by atoms with Crippen molar-refractivity contribution in [3.63, 3.8) is 0 Å². The van der Waals surface area contributed by atoms with Crippen LogP contribution in [0.1, 0.15) is 53.5 Å². The van der Waals surface area contributed by atoms with E-state index < -0.39 is 5.97 Å². The molecule has 7 heteroatoms. The van der Waals surface area contributed by atoms with Crippen LogP contribution in [0.5, 0.6) is 0 Å². The van der Waals surface area contributed by atoms with E-state index in [0.717, 1.165) is 32.2 Å². The fraction of sp³-hybridized carbons (Fsp3) is 0.611. The van der Waals surface area contributed by atoms with Crippen LogP contribution in [0.4, 0.5) is 0 Å². The molecule has 2 fully saturated rings. The number of aromatic carboxylic acids is 1. The molecule has 0 aromatic carbocycles. The Hall–Kier alpha value is -2.31. The number of carboxylic acid groups (broad SMARTS) is 1. The smallest absolute Gasteiger partial charge is 0.338 e. The van der Waals surface area contributed by atoms with Gasteiger partial charge < -0.3 is 19.3 Å². The summed E-state index contributed by atoms with van der Waals surface area (Å²) in [5.41, 5.74) is -0.0345. The minimum absolute atomic E-state index is 0.0244. The second-order valence-corrected chi connectivity index (χ2v) is 7.08. The monoisotopic (exact) mass is 348 g/mol. The second kappa shape index (κ2) is 7.29. The molecule has 7 nitrogen and oxygen atoms in total. The van der Waals surface area contributed by atoms with Crippen LogP contribution < -0.4 is 0 Å². The number of hydrogen-bond acceptors (Lipinski definition) is 4. The first-order chi connectivity index (χ1) is 12.0. The van der Waals surface area contributed by atoms with Crippen molar-refractivity contribution in [3.05, 3.63) is 23.7 Å². The SMILES string of the molecule is CC1CCN(C(=O)C2CCN(C(=O)c3cc(C(=O)O)co3)CC2)CC1. The summed E-state index contributed by atoms with van der Waals surface area (Å²) in [6.45, 7) is 4.87. The molecule has 2 aliphatic heterocycles. The van der Waals surface area contributed by atoms with Gasteiger partial charge in [0.1, 0.15) is 6.26 Å². The first kappa shape index (κ1) is 17.5. The quantitative estimate of drug-likeness (QED) is 0.903. The molecule has 0 unspecified atom stereocenters. The van der Waals surface area contributed by atoms with E-state index in [4.69, 9.17) is 9.52 Å². The third-order valence-electron chi connectivity index (χ3n) is 5.28. The second-order valence-electron chi connectivity index (χ2n) is 7.08. The predicted octanol–water partition coefficient (Wildman–Crippen LogP) is 2.09. The topological polar surface area (TPSA) is 91.1 Å². The molecule has 1 aromatic rings. The average Bonchev–Trinajstić information content (AvgIpc) is 3.12. The van der Waals surface area contributed by atoms with Crippen LogP contribution in [-0.4, -0.2) is 58.9 Å². The maximum atomic E-state index is 12.6. The van der Waals surface area contributed by atoms with Gasteiger partial charge in [0.25, 0.3) is 5.91 Å². The van der Waals surface area contributed by atoms with Gasteiger partial charge in [0, 0.05) is 38.2 Å². The minimum Gasteiger partial charge on any atom is -0.478 e. The lowest BCUT2D eigenvalue weighted by molar-refractivity contribution is -0.138. The fourth-order valence-electron chi connectivity index (χ4n) is 3.53. The molecule has 25 heavy (non-hydrogen) atoms. The Bertz CT molecular complexity index is 652. The Morgan fingerprint density at radius 2 is 1.64 bits per heavy atom. The Morgan fingerprint density at radius 3 is 2.20 bits per heavy atom. The molecular formula is C18H24N2O5. The molecule has 0 bridgehead atoms. The summed E-state index contributed by atoms with van der Waals surface area (Å²) < 4.78 is 5.07. The number of likely N-dealkylation sites (tertiary alicyclic amines) is 2. The van der Waals surface area contributed by atoms with Crippen LogP contribution in [0.3, 0.4) is 0 Å². The third-order valence-corrected chi connectivity index (χ3v) is 5.28. The van der Waals surface area contributed by atoms with Gasteiger partial charge in [-0.25, -0.2) is 4.79 Å². The summed E-state index contributed by atoms with van der Waals surface area (Å²) in [4.78, 5) is 39.5. The molecule has 1 aromatic heterocycles. The number of carboxylic acids is 1. The zero-order valence-electron chi connectivity index (χ0n) is 14.4. The van der Waals surface area contributed by atoms with Gasteiger partial charge in [-0.15, -0.1) is 0 Å². The highest BCUT2D eigenvalue weighted by Crippen LogP contribution is 2.24. The summed E-state index contributed by atoms with van der Waals surface area (Å²) >= 11 is 0. The van der Waals surface area contributed by atoms with E-state index in [1.165, 1.54) is 6.07 Å². The molecule has 0 spiro atoms. The van der Waals surface area contributed by atoms with Crippen molar-refractivity contribution in [2.24, 2.45) is 11.8 Å². The van der Waals surface area contributed by atoms with Crippen LogP contribution >= 0.6 is 0 Å². The van der Waals surface area contributed by atoms with Crippen LogP contribution in [0.15, 0.2) is 16.7 Å². The Labute approximate surface area is 146 Å². The average molecular weight is 348 g/mol. The highest BCUT2D eigenvalue weighted by atomic mass is 16.4. The Kier molecular flexibility index (Phi) is 5.11. The van der Waals surface area contributed by atoms with Crippen molar-refractivity contribution < 1.29 is 23.9 Å². The van der Waals surface area contributed by atoms with E-state index in [1.807, 2.05) is 4.90 Å². The van der Waals surface area contributed by atoms with Gasteiger partial charge in [0.05, 0.1) is 5.56 Å². The lowest BCUT2D eigenvalue weighted by Crippen LogP contribution is -2.46. The van der Waals surface area contributed by atoms with Crippen LogP contribution in [0, 0.1) is 11.8 Å². The van der Waals surface area contributed by atoms with Crippen LogP contribution in [0.2, 0.25) is 0 Å². The summed E-state index contributed by atoms with van der Waals surface area (Å²) in [5, 5.41) is 8.90. The first-order valence-electron chi connectivity index (χ1n) is 8.85. The normalized spacial score (nSPS) is 19.9. The van der Waals surface area contributed by atoms with E-state index in [1.54, 1.807) is 4.90 Å². The van der Waals surface area contributed by atoms with Crippen molar-refractivity contribution in [1.82, 2.24) is 9.80 Å². The lowest BCUT2D eigenvalue weighted by atomic mass is 9.92. The van der Waals surface area contributed by atoms with Crippen molar-refractivity contribution in [2.45, 2.75) is 32.6 Å². The summed E-state index contributed by atoms with van der Waals surface area (Å²) in [6.07, 6.45) is 4.48. The summed E-state index contributed by atoms with van der Waals surface area (Å²) in [5.74, 6) is -0.526. The lowest BCUT2D eigenvalue weighted by Gasteiger charge is -2.36. The highest BCUT2D eigenvalue weighted by molar-refractivity contribution is 5.95. The molecule has 2 saturated heterocycles. The Morgan fingerprint density at radius 1 is 1.04 bits per heavy atom. The number of furan rings is 1. The van der Waals surface area contributed by atoms with Gasteiger partial charge in [0.15, 0.2) is 5.76 Å². The molecular weight excluding hydrogens is 324 g/mol. The number of nitrogens with zero attached hydrogens (tertiary/aromatic N) is 2. The number of carbonyl (C=O) groups is 3. The third kappa shape index (κ3) is 3.86. The van der Waals surface area contributed by atoms with Gasteiger partial charge in [-0.05, 0) is 31.6 Å². The van der Waals surface area contributed by atoms with Gasteiger partial charge in [0.2, 0.25) is 5.91 Å². The maximum absolute atomic E-state index is 12.6. The van der Waals surface area contributed by atoms with E-state index in [9.17, 15) is 14.4 Å². The van der Waals surface area contributed by atoms with E-state index in [2.05, 4.69) is 6.92 Å². The molecule has 3 heterocycles.